The molecule has 1 amide bonds. The number of thiazole rings is 1. The van der Waals surface area contributed by atoms with E-state index in [1.165, 1.54) is 18.4 Å². The van der Waals surface area contributed by atoms with Crippen LogP contribution in [0.4, 0.5) is 16.8 Å². The second kappa shape index (κ2) is 7.24. The maximum Gasteiger partial charge on any atom is 0.275 e. The van der Waals surface area contributed by atoms with E-state index in [1.54, 1.807) is 42.0 Å². The molecule has 0 atom stereocenters. The van der Waals surface area contributed by atoms with Crippen LogP contribution in [0.5, 0.6) is 5.75 Å². The Balaban J connectivity index is 1.68. The van der Waals surface area contributed by atoms with Crippen molar-refractivity contribution in [3.63, 3.8) is 0 Å². The molecule has 9 heteroatoms. The minimum absolute atomic E-state index is 0.283. The molecule has 7 nitrogen and oxygen atoms in total. The van der Waals surface area contributed by atoms with Crippen LogP contribution in [0.15, 0.2) is 42.0 Å². The monoisotopic (exact) mass is 361 g/mol. The van der Waals surface area contributed by atoms with E-state index in [-0.39, 0.29) is 11.6 Å². The van der Waals surface area contributed by atoms with Crippen LogP contribution in [-0.4, -0.2) is 28.0 Å². The molecule has 0 bridgehead atoms. The first-order chi connectivity index (χ1) is 11.7. The first kappa shape index (κ1) is 16.2. The number of amides is 1. The predicted octanol–water partition coefficient (Wildman–Crippen LogP) is 3.59. The SMILES string of the molecule is COc1ccc(NC(=O)c2csc(Nc3ncccn3)n2)cc1Cl. The molecule has 2 N–H and O–H groups in total. The van der Waals surface area contributed by atoms with E-state index in [0.717, 1.165) is 0 Å². The molecule has 24 heavy (non-hydrogen) atoms. The Kier molecular flexibility index (Phi) is 4.88. The summed E-state index contributed by atoms with van der Waals surface area (Å²) < 4.78 is 5.07. The fourth-order valence-electron chi connectivity index (χ4n) is 1.83. The van der Waals surface area contributed by atoms with E-state index in [0.29, 0.717) is 27.5 Å². The van der Waals surface area contributed by atoms with Crippen molar-refractivity contribution < 1.29 is 9.53 Å². The number of hydrogen-bond acceptors (Lipinski definition) is 7. The molecule has 0 saturated carbocycles. The van der Waals surface area contributed by atoms with E-state index < -0.39 is 0 Å². The minimum atomic E-state index is -0.338. The lowest BCUT2D eigenvalue weighted by molar-refractivity contribution is 0.102. The van der Waals surface area contributed by atoms with Crippen molar-refractivity contribution in [1.29, 1.82) is 0 Å². The molecule has 2 heterocycles. The summed E-state index contributed by atoms with van der Waals surface area (Å²) in [7, 11) is 1.53. The number of anilines is 3. The van der Waals surface area contributed by atoms with Gasteiger partial charge in [0.25, 0.3) is 5.91 Å². The van der Waals surface area contributed by atoms with Crippen LogP contribution >= 0.6 is 22.9 Å². The highest BCUT2D eigenvalue weighted by Gasteiger charge is 2.12. The Labute approximate surface area is 146 Å². The summed E-state index contributed by atoms with van der Waals surface area (Å²) in [5, 5.41) is 8.25. The summed E-state index contributed by atoms with van der Waals surface area (Å²) in [5.74, 6) is 0.618. The van der Waals surface area contributed by atoms with Gasteiger partial charge < -0.3 is 15.4 Å². The molecule has 0 radical (unpaired) electrons. The van der Waals surface area contributed by atoms with Gasteiger partial charge in [0.05, 0.1) is 12.1 Å². The van der Waals surface area contributed by atoms with Gasteiger partial charge in [0.2, 0.25) is 5.95 Å². The summed E-state index contributed by atoms with van der Waals surface area (Å²) >= 11 is 7.32. The molecule has 0 aliphatic rings. The summed E-state index contributed by atoms with van der Waals surface area (Å²) in [6.07, 6.45) is 3.23. The highest BCUT2D eigenvalue weighted by Crippen LogP contribution is 2.27. The Morgan fingerprint density at radius 2 is 2.08 bits per heavy atom. The van der Waals surface area contributed by atoms with Gasteiger partial charge in [-0.25, -0.2) is 15.0 Å². The maximum atomic E-state index is 12.2. The third-order valence-corrected chi connectivity index (χ3v) is 3.98. The topological polar surface area (TPSA) is 89.0 Å². The third-order valence-electron chi connectivity index (χ3n) is 2.93. The largest absolute Gasteiger partial charge is 0.495 e. The van der Waals surface area contributed by atoms with Gasteiger partial charge in [0, 0.05) is 23.5 Å². The number of nitrogens with zero attached hydrogens (tertiary/aromatic N) is 3. The fraction of sp³-hybridized carbons (Fsp3) is 0.0667. The zero-order chi connectivity index (χ0) is 16.9. The molecule has 2 aromatic heterocycles. The van der Waals surface area contributed by atoms with E-state index in [2.05, 4.69) is 25.6 Å². The van der Waals surface area contributed by atoms with Gasteiger partial charge in [0.1, 0.15) is 11.4 Å². The van der Waals surface area contributed by atoms with Crippen LogP contribution in [0, 0.1) is 0 Å². The molecule has 0 aliphatic heterocycles. The molecule has 0 fully saturated rings. The molecular formula is C15H12ClN5O2S. The number of halogens is 1. The van der Waals surface area contributed by atoms with Crippen molar-refractivity contribution >= 4 is 45.6 Å². The van der Waals surface area contributed by atoms with E-state index in [9.17, 15) is 4.79 Å². The zero-order valence-electron chi connectivity index (χ0n) is 12.5. The fourth-order valence-corrected chi connectivity index (χ4v) is 2.78. The lowest BCUT2D eigenvalue weighted by Gasteiger charge is -2.06. The molecule has 0 aliphatic carbocycles. The van der Waals surface area contributed by atoms with Crippen LogP contribution in [0.3, 0.4) is 0 Å². The molecule has 3 aromatic rings. The normalized spacial score (nSPS) is 10.2. The van der Waals surface area contributed by atoms with E-state index in [1.807, 2.05) is 0 Å². The first-order valence-corrected chi connectivity index (χ1v) is 8.06. The number of carbonyl (C=O) groups is 1. The lowest BCUT2D eigenvalue weighted by atomic mass is 10.3. The van der Waals surface area contributed by atoms with Gasteiger partial charge in [-0.2, -0.15) is 0 Å². The van der Waals surface area contributed by atoms with Crippen molar-refractivity contribution in [3.05, 3.63) is 52.8 Å². The number of hydrogen-bond donors (Lipinski definition) is 2. The number of carbonyl (C=O) groups excluding carboxylic acids is 1. The highest BCUT2D eigenvalue weighted by molar-refractivity contribution is 7.14. The maximum absolute atomic E-state index is 12.2. The van der Waals surface area contributed by atoms with E-state index in [4.69, 9.17) is 16.3 Å². The van der Waals surface area contributed by atoms with Crippen molar-refractivity contribution in [3.8, 4) is 5.75 Å². The summed E-state index contributed by atoms with van der Waals surface area (Å²) in [5.41, 5.74) is 0.838. The van der Waals surface area contributed by atoms with Gasteiger partial charge >= 0.3 is 0 Å². The van der Waals surface area contributed by atoms with Gasteiger partial charge in [-0.1, -0.05) is 11.6 Å². The quantitative estimate of drug-likeness (QED) is 0.721. The average Bonchev–Trinajstić information content (AvgIpc) is 3.04. The number of benzene rings is 1. The average molecular weight is 362 g/mol. The molecule has 0 unspecified atom stereocenters. The summed E-state index contributed by atoms with van der Waals surface area (Å²) in [4.78, 5) is 24.5. The molecular weight excluding hydrogens is 350 g/mol. The Morgan fingerprint density at radius 3 is 2.79 bits per heavy atom. The number of aromatic nitrogens is 3. The summed E-state index contributed by atoms with van der Waals surface area (Å²) in [6, 6.07) is 6.71. The standard InChI is InChI=1S/C15H12ClN5O2S/c1-23-12-4-3-9(7-10(12)16)19-13(22)11-8-24-15(20-11)21-14-17-5-2-6-18-14/h2-8H,1H3,(H,19,22)(H,17,18,20,21). The highest BCUT2D eigenvalue weighted by atomic mass is 35.5. The first-order valence-electron chi connectivity index (χ1n) is 6.80. The molecule has 0 spiro atoms. The third kappa shape index (κ3) is 3.79. The molecule has 3 rings (SSSR count). The zero-order valence-corrected chi connectivity index (χ0v) is 14.1. The van der Waals surface area contributed by atoms with E-state index >= 15 is 0 Å². The van der Waals surface area contributed by atoms with Crippen LogP contribution in [0.1, 0.15) is 10.5 Å². The van der Waals surface area contributed by atoms with Gasteiger partial charge in [-0.15, -0.1) is 11.3 Å². The van der Waals surface area contributed by atoms with Gasteiger partial charge in [0.15, 0.2) is 5.13 Å². The van der Waals surface area contributed by atoms with Crippen molar-refractivity contribution in [1.82, 2.24) is 15.0 Å². The Hall–Kier alpha value is -2.71. The second-order valence-electron chi connectivity index (χ2n) is 4.54. The smallest absolute Gasteiger partial charge is 0.275 e. The van der Waals surface area contributed by atoms with Crippen molar-refractivity contribution in [2.75, 3.05) is 17.7 Å². The van der Waals surface area contributed by atoms with Crippen LogP contribution < -0.4 is 15.4 Å². The number of nitrogens with one attached hydrogen (secondary N) is 2. The van der Waals surface area contributed by atoms with Crippen molar-refractivity contribution in [2.45, 2.75) is 0 Å². The Bertz CT molecular complexity index is 856. The number of rotatable bonds is 5. The molecule has 0 saturated heterocycles. The predicted molar refractivity (Wildman–Crippen MR) is 93.4 cm³/mol. The lowest BCUT2D eigenvalue weighted by Crippen LogP contribution is -2.12. The van der Waals surface area contributed by atoms with Crippen molar-refractivity contribution in [2.24, 2.45) is 0 Å². The van der Waals surface area contributed by atoms with Crippen LogP contribution in [0.2, 0.25) is 5.02 Å². The minimum Gasteiger partial charge on any atom is -0.495 e. The second-order valence-corrected chi connectivity index (χ2v) is 5.80. The van der Waals surface area contributed by atoms with Crippen LogP contribution in [0.25, 0.3) is 0 Å². The van der Waals surface area contributed by atoms with Gasteiger partial charge in [-0.05, 0) is 24.3 Å². The molecule has 1 aromatic carbocycles. The number of ether oxygens (including phenoxy) is 1. The molecule has 122 valence electrons. The van der Waals surface area contributed by atoms with Crippen LogP contribution in [-0.2, 0) is 0 Å². The Morgan fingerprint density at radius 1 is 1.29 bits per heavy atom. The number of methoxy groups -OCH3 is 1. The van der Waals surface area contributed by atoms with Gasteiger partial charge in [-0.3, -0.25) is 4.79 Å². The summed E-state index contributed by atoms with van der Waals surface area (Å²) in [6.45, 7) is 0.